The Hall–Kier alpha value is -1.55. The third-order valence-corrected chi connectivity index (χ3v) is 1.93. The maximum atomic E-state index is 9.40. The van der Waals surface area contributed by atoms with E-state index in [9.17, 15) is 10.2 Å². The van der Waals surface area contributed by atoms with Crippen LogP contribution in [0.5, 0.6) is 5.88 Å². The van der Waals surface area contributed by atoms with Crippen LogP contribution < -0.4 is 0 Å². The largest absolute Gasteiger partial charge is 0.492 e. The molecule has 0 amide bonds. The van der Waals surface area contributed by atoms with Gasteiger partial charge in [-0.3, -0.25) is 4.40 Å². The molecule has 2 aromatic heterocycles. The minimum atomic E-state index is -0.684. The molecule has 68 valence electrons. The first kappa shape index (κ1) is 8.07. The van der Waals surface area contributed by atoms with Gasteiger partial charge in [0.15, 0.2) is 0 Å². The molecule has 1 atom stereocenters. The smallest absolute Gasteiger partial charge is 0.237 e. The van der Waals surface area contributed by atoms with E-state index in [0.717, 1.165) is 0 Å². The number of fused-ring (bicyclic) bond motifs is 1. The van der Waals surface area contributed by atoms with Gasteiger partial charge in [0.05, 0.1) is 0 Å². The number of aliphatic hydroxyl groups is 1. The second-order valence-electron chi connectivity index (χ2n) is 2.93. The summed E-state index contributed by atoms with van der Waals surface area (Å²) < 4.78 is 1.67. The second kappa shape index (κ2) is 2.74. The Morgan fingerprint density at radius 1 is 1.46 bits per heavy atom. The van der Waals surface area contributed by atoms with Crippen LogP contribution in [0.3, 0.4) is 0 Å². The molecule has 0 aliphatic carbocycles. The van der Waals surface area contributed by atoms with E-state index in [-0.39, 0.29) is 5.88 Å². The highest BCUT2D eigenvalue weighted by molar-refractivity contribution is 5.57. The lowest BCUT2D eigenvalue weighted by atomic mass is 10.4. The summed E-state index contributed by atoms with van der Waals surface area (Å²) in [6.45, 7) is 1.61. The molecule has 0 fully saturated rings. The molecule has 4 heteroatoms. The molecule has 2 aromatic rings. The van der Waals surface area contributed by atoms with Crippen molar-refractivity contribution in [3.8, 4) is 5.88 Å². The zero-order valence-electron chi connectivity index (χ0n) is 7.18. The van der Waals surface area contributed by atoms with Crippen LogP contribution in [-0.2, 0) is 0 Å². The Balaban J connectivity index is 2.78. The Morgan fingerprint density at radius 3 is 2.92 bits per heavy atom. The van der Waals surface area contributed by atoms with Crippen molar-refractivity contribution >= 4 is 5.52 Å². The number of imidazole rings is 1. The number of nitrogens with zero attached hydrogens (tertiary/aromatic N) is 2. The van der Waals surface area contributed by atoms with Gasteiger partial charge in [0.25, 0.3) is 0 Å². The third kappa shape index (κ3) is 1.15. The fourth-order valence-corrected chi connectivity index (χ4v) is 1.34. The minimum absolute atomic E-state index is 0.0449. The molecule has 4 nitrogen and oxygen atoms in total. The van der Waals surface area contributed by atoms with Gasteiger partial charge in [0, 0.05) is 6.20 Å². The molecule has 0 aliphatic heterocycles. The number of pyridine rings is 1. The van der Waals surface area contributed by atoms with Crippen molar-refractivity contribution in [3.05, 3.63) is 30.2 Å². The molecule has 0 saturated carbocycles. The van der Waals surface area contributed by atoms with Gasteiger partial charge < -0.3 is 10.2 Å². The Morgan fingerprint density at radius 2 is 2.23 bits per heavy atom. The van der Waals surface area contributed by atoms with E-state index in [2.05, 4.69) is 4.98 Å². The van der Waals surface area contributed by atoms with E-state index >= 15 is 0 Å². The van der Waals surface area contributed by atoms with Gasteiger partial charge in [0.2, 0.25) is 5.88 Å². The number of aromatic hydroxyl groups is 1. The first-order chi connectivity index (χ1) is 6.20. The average Bonchev–Trinajstić information content (AvgIpc) is 2.45. The topological polar surface area (TPSA) is 57.8 Å². The lowest BCUT2D eigenvalue weighted by Crippen LogP contribution is -1.98. The Bertz CT molecular complexity index is 434. The van der Waals surface area contributed by atoms with E-state index in [4.69, 9.17) is 0 Å². The fraction of sp³-hybridized carbons (Fsp3) is 0.222. The Kier molecular flexibility index (Phi) is 1.70. The van der Waals surface area contributed by atoms with Crippen molar-refractivity contribution in [1.82, 2.24) is 9.38 Å². The summed E-state index contributed by atoms with van der Waals surface area (Å²) in [6, 6.07) is 5.37. The van der Waals surface area contributed by atoms with Gasteiger partial charge >= 0.3 is 0 Å². The summed E-state index contributed by atoms with van der Waals surface area (Å²) in [4.78, 5) is 3.86. The molecule has 0 radical (unpaired) electrons. The summed E-state index contributed by atoms with van der Waals surface area (Å²) in [7, 11) is 0. The fourth-order valence-electron chi connectivity index (χ4n) is 1.34. The van der Waals surface area contributed by atoms with Gasteiger partial charge in [-0.2, -0.15) is 4.98 Å². The molecular formula is C9H10N2O2. The first-order valence-corrected chi connectivity index (χ1v) is 4.04. The van der Waals surface area contributed by atoms with E-state index in [0.29, 0.717) is 11.3 Å². The highest BCUT2D eigenvalue weighted by Crippen LogP contribution is 2.21. The van der Waals surface area contributed by atoms with Crippen LogP contribution in [0, 0.1) is 0 Å². The molecule has 0 aromatic carbocycles. The van der Waals surface area contributed by atoms with E-state index in [1.54, 1.807) is 23.6 Å². The van der Waals surface area contributed by atoms with Crippen LogP contribution >= 0.6 is 0 Å². The van der Waals surface area contributed by atoms with E-state index in [1.165, 1.54) is 0 Å². The summed E-state index contributed by atoms with van der Waals surface area (Å²) in [5, 5.41) is 18.7. The van der Waals surface area contributed by atoms with Gasteiger partial charge in [0.1, 0.15) is 17.4 Å². The summed E-state index contributed by atoms with van der Waals surface area (Å²) in [5.41, 5.74) is 0.610. The Labute approximate surface area is 75.1 Å². The van der Waals surface area contributed by atoms with Gasteiger partial charge in [-0.25, -0.2) is 0 Å². The summed E-state index contributed by atoms with van der Waals surface area (Å²) in [5.74, 6) is 0.407. The highest BCUT2D eigenvalue weighted by Gasteiger charge is 2.12. The number of hydrogen-bond acceptors (Lipinski definition) is 3. The molecule has 2 rings (SSSR count). The maximum Gasteiger partial charge on any atom is 0.237 e. The number of hydrogen-bond donors (Lipinski definition) is 2. The van der Waals surface area contributed by atoms with Crippen LogP contribution in [0.4, 0.5) is 0 Å². The minimum Gasteiger partial charge on any atom is -0.492 e. The van der Waals surface area contributed by atoms with E-state index < -0.39 is 6.10 Å². The van der Waals surface area contributed by atoms with Crippen LogP contribution in [0.1, 0.15) is 18.9 Å². The number of aromatic nitrogens is 2. The van der Waals surface area contributed by atoms with Crippen molar-refractivity contribution in [2.24, 2.45) is 0 Å². The lowest BCUT2D eigenvalue weighted by Gasteiger charge is -2.01. The van der Waals surface area contributed by atoms with Crippen LogP contribution in [0.2, 0.25) is 0 Å². The molecular weight excluding hydrogens is 168 g/mol. The molecule has 0 spiro atoms. The monoisotopic (exact) mass is 178 g/mol. The van der Waals surface area contributed by atoms with Crippen LogP contribution in [-0.4, -0.2) is 19.6 Å². The van der Waals surface area contributed by atoms with Crippen molar-refractivity contribution in [2.45, 2.75) is 13.0 Å². The number of aliphatic hydroxyl groups excluding tert-OH is 1. The third-order valence-electron chi connectivity index (χ3n) is 1.93. The molecule has 13 heavy (non-hydrogen) atoms. The standard InChI is InChI=1S/C9H10N2O2/c1-6(12)8-10-9(13)7-4-2-3-5-11(7)8/h2-6,12-13H,1H3. The zero-order chi connectivity index (χ0) is 9.42. The van der Waals surface area contributed by atoms with Gasteiger partial charge in [-0.05, 0) is 19.1 Å². The van der Waals surface area contributed by atoms with Crippen LogP contribution in [0.15, 0.2) is 24.4 Å². The van der Waals surface area contributed by atoms with Crippen molar-refractivity contribution in [2.75, 3.05) is 0 Å². The van der Waals surface area contributed by atoms with Gasteiger partial charge in [-0.15, -0.1) is 0 Å². The number of rotatable bonds is 1. The molecule has 2 N–H and O–H groups in total. The van der Waals surface area contributed by atoms with Crippen molar-refractivity contribution in [1.29, 1.82) is 0 Å². The second-order valence-corrected chi connectivity index (χ2v) is 2.93. The zero-order valence-corrected chi connectivity index (χ0v) is 7.18. The van der Waals surface area contributed by atoms with Crippen LogP contribution in [0.25, 0.3) is 5.52 Å². The summed E-state index contributed by atoms with van der Waals surface area (Å²) >= 11 is 0. The molecule has 0 saturated heterocycles. The van der Waals surface area contributed by atoms with E-state index in [1.807, 2.05) is 12.1 Å². The summed E-state index contributed by atoms with van der Waals surface area (Å²) in [6.07, 6.45) is 1.07. The first-order valence-electron chi connectivity index (χ1n) is 4.04. The highest BCUT2D eigenvalue weighted by atomic mass is 16.3. The van der Waals surface area contributed by atoms with Crippen molar-refractivity contribution < 1.29 is 10.2 Å². The SMILES string of the molecule is CC(O)c1nc(O)c2ccccn12. The maximum absolute atomic E-state index is 9.40. The average molecular weight is 178 g/mol. The van der Waals surface area contributed by atoms with Crippen molar-refractivity contribution in [3.63, 3.8) is 0 Å². The molecule has 0 bridgehead atoms. The lowest BCUT2D eigenvalue weighted by molar-refractivity contribution is 0.187. The predicted molar refractivity (Wildman–Crippen MR) is 47.5 cm³/mol. The van der Waals surface area contributed by atoms with Gasteiger partial charge in [-0.1, -0.05) is 6.07 Å². The normalized spacial score (nSPS) is 13.4. The molecule has 0 aliphatic rings. The quantitative estimate of drug-likeness (QED) is 0.687. The molecule has 1 unspecified atom stereocenters. The molecule has 2 heterocycles. The predicted octanol–water partition coefficient (Wildman–Crippen LogP) is 1.09.